The van der Waals surface area contributed by atoms with Crippen molar-refractivity contribution in [2.45, 2.75) is 18.7 Å². The molecule has 0 fully saturated rings. The van der Waals surface area contributed by atoms with E-state index in [-0.39, 0.29) is 16.7 Å². The fourth-order valence-corrected chi connectivity index (χ4v) is 1.34. The molecule has 6 nitrogen and oxygen atoms in total. The maximum atomic E-state index is 10.4. The lowest BCUT2D eigenvalue weighted by Gasteiger charge is -1.92. The molecule has 0 atom stereocenters. The number of carbonyl (C=O) groups is 2. The summed E-state index contributed by atoms with van der Waals surface area (Å²) in [5, 5.41) is 2.03. The number of amides is 2. The van der Waals surface area contributed by atoms with Crippen LogP contribution in [0, 0.1) is 0 Å². The summed E-state index contributed by atoms with van der Waals surface area (Å²) in [6, 6.07) is 7.42. The molecule has 0 spiro atoms. The van der Waals surface area contributed by atoms with Crippen LogP contribution in [0.3, 0.4) is 0 Å². The summed E-state index contributed by atoms with van der Waals surface area (Å²) in [5.74, 6) is -0.625. The van der Waals surface area contributed by atoms with Crippen molar-refractivity contribution in [2.75, 3.05) is 0 Å². The Kier molecular flexibility index (Phi) is 6.08. The molecule has 0 heterocycles. The summed E-state index contributed by atoms with van der Waals surface area (Å²) in [4.78, 5) is 19.8. The standard InChI is InChI=1S/C6H6O3S.C4H7NO2/c7-10(8,9)6-4-2-1-3-5-6;1-3(6)5-4(2)7/h1-5H,(H,7,8,9);1-2H3,(H,5,6,7). The van der Waals surface area contributed by atoms with E-state index in [0.29, 0.717) is 0 Å². The topological polar surface area (TPSA) is 101 Å². The van der Waals surface area contributed by atoms with Gasteiger partial charge in [-0.1, -0.05) is 18.2 Å². The Morgan fingerprint density at radius 2 is 1.47 bits per heavy atom. The van der Waals surface area contributed by atoms with Crippen molar-refractivity contribution in [3.8, 4) is 0 Å². The van der Waals surface area contributed by atoms with Crippen LogP contribution in [0.4, 0.5) is 0 Å². The normalized spacial score (nSPS) is 9.82. The smallest absolute Gasteiger partial charge is 0.294 e. The summed E-state index contributed by atoms with van der Waals surface area (Å²) in [6.45, 7) is 2.59. The van der Waals surface area contributed by atoms with Crippen LogP contribution in [0.5, 0.6) is 0 Å². The Morgan fingerprint density at radius 1 is 1.06 bits per heavy atom. The molecule has 0 radical (unpaired) electrons. The first kappa shape index (κ1) is 15.3. The number of imide groups is 1. The summed E-state index contributed by atoms with van der Waals surface area (Å²) < 4.78 is 29.2. The molecule has 1 rings (SSSR count). The largest absolute Gasteiger partial charge is 0.297 e. The predicted molar refractivity (Wildman–Crippen MR) is 60.8 cm³/mol. The van der Waals surface area contributed by atoms with Crippen LogP contribution < -0.4 is 5.32 Å². The number of rotatable bonds is 1. The number of nitrogens with one attached hydrogen (secondary N) is 1. The van der Waals surface area contributed by atoms with Crippen LogP contribution in [-0.2, 0) is 19.7 Å². The first-order valence-electron chi connectivity index (χ1n) is 4.54. The molecule has 0 saturated heterocycles. The first-order chi connectivity index (χ1) is 7.73. The van der Waals surface area contributed by atoms with Gasteiger partial charge in [0.2, 0.25) is 11.8 Å². The van der Waals surface area contributed by atoms with Gasteiger partial charge in [-0.25, -0.2) is 0 Å². The van der Waals surface area contributed by atoms with E-state index in [9.17, 15) is 18.0 Å². The van der Waals surface area contributed by atoms with Gasteiger partial charge in [0.25, 0.3) is 10.1 Å². The van der Waals surface area contributed by atoms with E-state index in [2.05, 4.69) is 0 Å². The third-order valence-electron chi connectivity index (χ3n) is 1.39. The summed E-state index contributed by atoms with van der Waals surface area (Å²) in [6.07, 6.45) is 0. The number of benzene rings is 1. The molecular weight excluding hydrogens is 246 g/mol. The zero-order valence-corrected chi connectivity index (χ0v) is 10.2. The van der Waals surface area contributed by atoms with Crippen LogP contribution >= 0.6 is 0 Å². The Hall–Kier alpha value is -1.73. The molecule has 0 aromatic heterocycles. The molecule has 2 amide bonds. The lowest BCUT2D eigenvalue weighted by atomic mass is 10.4. The third kappa shape index (κ3) is 8.12. The quantitative estimate of drug-likeness (QED) is 0.719. The molecule has 2 N–H and O–H groups in total. The van der Waals surface area contributed by atoms with Crippen LogP contribution in [0.15, 0.2) is 35.2 Å². The van der Waals surface area contributed by atoms with E-state index in [1.807, 2.05) is 5.32 Å². The Bertz CT molecular complexity index is 469. The zero-order valence-electron chi connectivity index (χ0n) is 9.38. The van der Waals surface area contributed by atoms with Gasteiger partial charge in [0.15, 0.2) is 0 Å². The first-order valence-corrected chi connectivity index (χ1v) is 5.98. The van der Waals surface area contributed by atoms with Gasteiger partial charge < -0.3 is 0 Å². The van der Waals surface area contributed by atoms with Gasteiger partial charge in [0.1, 0.15) is 0 Å². The average Bonchev–Trinajstić information content (AvgIpc) is 2.16. The van der Waals surface area contributed by atoms with Crippen LogP contribution in [0.2, 0.25) is 0 Å². The summed E-state index contributed by atoms with van der Waals surface area (Å²) in [5.41, 5.74) is 0. The van der Waals surface area contributed by atoms with Gasteiger partial charge >= 0.3 is 0 Å². The van der Waals surface area contributed by atoms with Gasteiger partial charge in [-0.05, 0) is 12.1 Å². The minimum atomic E-state index is -4.00. The third-order valence-corrected chi connectivity index (χ3v) is 2.26. The highest BCUT2D eigenvalue weighted by atomic mass is 32.2. The Balaban J connectivity index is 0.000000325. The maximum Gasteiger partial charge on any atom is 0.294 e. The molecule has 0 unspecified atom stereocenters. The van der Waals surface area contributed by atoms with Gasteiger partial charge in [-0.3, -0.25) is 19.5 Å². The molecule has 0 saturated carbocycles. The lowest BCUT2D eigenvalue weighted by Crippen LogP contribution is -2.24. The van der Waals surface area contributed by atoms with Gasteiger partial charge in [-0.15, -0.1) is 0 Å². The number of carbonyl (C=O) groups excluding carboxylic acids is 2. The molecule has 7 heteroatoms. The van der Waals surface area contributed by atoms with Gasteiger partial charge in [0, 0.05) is 13.8 Å². The average molecular weight is 259 g/mol. The van der Waals surface area contributed by atoms with Gasteiger partial charge in [-0.2, -0.15) is 8.42 Å². The second-order valence-electron chi connectivity index (χ2n) is 3.03. The van der Waals surface area contributed by atoms with Crippen LogP contribution in [0.1, 0.15) is 13.8 Å². The van der Waals surface area contributed by atoms with Crippen molar-refractivity contribution < 1.29 is 22.6 Å². The molecule has 1 aromatic rings. The van der Waals surface area contributed by atoms with E-state index in [1.165, 1.54) is 26.0 Å². The molecule has 1 aromatic carbocycles. The molecular formula is C10H13NO5S. The number of hydrogen-bond donors (Lipinski definition) is 2. The molecule has 0 bridgehead atoms. The minimum absolute atomic E-state index is 0.0741. The second-order valence-corrected chi connectivity index (χ2v) is 4.45. The number of hydrogen-bond acceptors (Lipinski definition) is 4. The van der Waals surface area contributed by atoms with Gasteiger partial charge in [0.05, 0.1) is 4.90 Å². The molecule has 17 heavy (non-hydrogen) atoms. The zero-order chi connectivity index (χ0) is 13.5. The second kappa shape index (κ2) is 6.77. The summed E-state index contributed by atoms with van der Waals surface area (Å²) >= 11 is 0. The van der Waals surface area contributed by atoms with E-state index >= 15 is 0 Å². The lowest BCUT2D eigenvalue weighted by molar-refractivity contribution is -0.127. The van der Waals surface area contributed by atoms with Crippen molar-refractivity contribution in [1.29, 1.82) is 0 Å². The summed E-state index contributed by atoms with van der Waals surface area (Å²) in [7, 11) is -4.00. The van der Waals surface area contributed by atoms with Crippen molar-refractivity contribution in [1.82, 2.24) is 5.32 Å². The van der Waals surface area contributed by atoms with Crippen molar-refractivity contribution in [2.24, 2.45) is 0 Å². The fourth-order valence-electron chi connectivity index (χ4n) is 0.840. The van der Waals surface area contributed by atoms with Crippen LogP contribution in [0.25, 0.3) is 0 Å². The minimum Gasteiger partial charge on any atom is -0.297 e. The highest BCUT2D eigenvalue weighted by molar-refractivity contribution is 7.85. The van der Waals surface area contributed by atoms with E-state index in [4.69, 9.17) is 4.55 Å². The predicted octanol–water partition coefficient (Wildman–Crippen LogP) is 0.602. The SMILES string of the molecule is CC(=O)NC(C)=O.O=S(=O)(O)c1ccccc1. The Labute approximate surface area is 99.4 Å². The highest BCUT2D eigenvalue weighted by Gasteiger charge is 2.05. The molecule has 0 aliphatic carbocycles. The van der Waals surface area contributed by atoms with Crippen molar-refractivity contribution in [3.05, 3.63) is 30.3 Å². The molecule has 0 aliphatic heterocycles. The van der Waals surface area contributed by atoms with E-state index in [0.717, 1.165) is 0 Å². The van der Waals surface area contributed by atoms with Crippen molar-refractivity contribution in [3.63, 3.8) is 0 Å². The molecule has 94 valence electrons. The van der Waals surface area contributed by atoms with Crippen molar-refractivity contribution >= 4 is 21.9 Å². The van der Waals surface area contributed by atoms with E-state index in [1.54, 1.807) is 18.2 Å². The highest BCUT2D eigenvalue weighted by Crippen LogP contribution is 2.05. The van der Waals surface area contributed by atoms with Crippen LogP contribution in [-0.4, -0.2) is 24.8 Å². The molecule has 0 aliphatic rings. The maximum absolute atomic E-state index is 10.4. The monoisotopic (exact) mass is 259 g/mol. The Morgan fingerprint density at radius 3 is 1.65 bits per heavy atom. The fraction of sp³-hybridized carbons (Fsp3) is 0.200. The van der Waals surface area contributed by atoms with E-state index < -0.39 is 10.1 Å².